The van der Waals surface area contributed by atoms with Crippen molar-refractivity contribution in [3.8, 4) is 0 Å². The lowest BCUT2D eigenvalue weighted by Gasteiger charge is -2.38. The van der Waals surface area contributed by atoms with Crippen LogP contribution in [0, 0.1) is 5.92 Å². The Balaban J connectivity index is 1.96. The predicted molar refractivity (Wildman–Crippen MR) is 78.9 cm³/mol. The van der Waals surface area contributed by atoms with Crippen molar-refractivity contribution in [2.24, 2.45) is 5.92 Å². The van der Waals surface area contributed by atoms with Gasteiger partial charge in [0.15, 0.2) is 0 Å². The Kier molecular flexibility index (Phi) is 5.59. The second-order valence-electron chi connectivity index (χ2n) is 5.60. The summed E-state index contributed by atoms with van der Waals surface area (Å²) in [5.41, 5.74) is 0. The number of hydrogen-bond acceptors (Lipinski definition) is 5. The second-order valence-corrected chi connectivity index (χ2v) is 7.48. The van der Waals surface area contributed by atoms with Crippen molar-refractivity contribution in [3.63, 3.8) is 0 Å². The molecule has 0 amide bonds. The van der Waals surface area contributed by atoms with Gasteiger partial charge in [0.25, 0.3) is 10.2 Å². The van der Waals surface area contributed by atoms with Crippen molar-refractivity contribution in [3.05, 3.63) is 0 Å². The van der Waals surface area contributed by atoms with Gasteiger partial charge >= 0.3 is 5.97 Å². The van der Waals surface area contributed by atoms with Crippen LogP contribution in [0.2, 0.25) is 0 Å². The maximum Gasteiger partial charge on any atom is 0.309 e. The van der Waals surface area contributed by atoms with E-state index in [0.29, 0.717) is 52.2 Å². The van der Waals surface area contributed by atoms with Crippen molar-refractivity contribution >= 4 is 16.2 Å². The number of carbonyl (C=O) groups excluding carboxylic acids is 1. The summed E-state index contributed by atoms with van der Waals surface area (Å²) in [6.45, 7) is 6.71. The number of ether oxygens (including phenoxy) is 1. The molecule has 0 radical (unpaired) electrons. The van der Waals surface area contributed by atoms with E-state index in [1.165, 1.54) is 4.31 Å². The molecular weight excluding hydrogens is 294 g/mol. The molecule has 0 spiro atoms. The van der Waals surface area contributed by atoms with Crippen LogP contribution in [0.4, 0.5) is 0 Å². The zero-order chi connectivity index (χ0) is 15.5. The van der Waals surface area contributed by atoms with Crippen LogP contribution in [0.1, 0.15) is 26.7 Å². The summed E-state index contributed by atoms with van der Waals surface area (Å²) in [6, 6.07) is -0.0356. The molecule has 0 unspecified atom stereocenters. The number of nitrogens with zero attached hydrogens (tertiary/aromatic N) is 2. The molecule has 2 aliphatic heterocycles. The van der Waals surface area contributed by atoms with E-state index in [4.69, 9.17) is 4.74 Å². The third-order valence-electron chi connectivity index (χ3n) is 4.14. The minimum Gasteiger partial charge on any atom is -0.466 e. The summed E-state index contributed by atoms with van der Waals surface area (Å²) in [5.74, 6) is -0.373. The second kappa shape index (κ2) is 7.04. The molecule has 7 nitrogen and oxygen atoms in total. The van der Waals surface area contributed by atoms with Crippen LogP contribution in [0.3, 0.4) is 0 Å². The van der Waals surface area contributed by atoms with Gasteiger partial charge in [-0.3, -0.25) is 4.79 Å². The van der Waals surface area contributed by atoms with E-state index in [1.54, 1.807) is 11.2 Å². The molecule has 0 aromatic rings. The monoisotopic (exact) mass is 319 g/mol. The van der Waals surface area contributed by atoms with E-state index in [2.05, 4.69) is 5.32 Å². The molecule has 0 aromatic carbocycles. The molecule has 8 heteroatoms. The Morgan fingerprint density at radius 3 is 2.52 bits per heavy atom. The van der Waals surface area contributed by atoms with Gasteiger partial charge in [-0.15, -0.1) is 0 Å². The quantitative estimate of drug-likeness (QED) is 0.726. The molecular formula is C13H25N3O4S. The van der Waals surface area contributed by atoms with Crippen molar-refractivity contribution in [2.45, 2.75) is 32.7 Å². The average molecular weight is 319 g/mol. The number of rotatable bonds is 4. The Bertz CT molecular complexity index is 460. The van der Waals surface area contributed by atoms with E-state index in [0.717, 1.165) is 0 Å². The van der Waals surface area contributed by atoms with Crippen molar-refractivity contribution in [1.82, 2.24) is 13.9 Å². The van der Waals surface area contributed by atoms with Crippen molar-refractivity contribution < 1.29 is 17.9 Å². The fourth-order valence-electron chi connectivity index (χ4n) is 2.90. The predicted octanol–water partition coefficient (Wildman–Crippen LogP) is -0.200. The van der Waals surface area contributed by atoms with Gasteiger partial charge in [-0.2, -0.15) is 17.0 Å². The van der Waals surface area contributed by atoms with E-state index in [9.17, 15) is 13.2 Å². The normalized spacial score (nSPS) is 26.7. The lowest BCUT2D eigenvalue weighted by molar-refractivity contribution is -0.149. The van der Waals surface area contributed by atoms with Gasteiger partial charge < -0.3 is 10.1 Å². The third kappa shape index (κ3) is 3.74. The summed E-state index contributed by atoms with van der Waals surface area (Å²) in [7, 11) is -3.42. The summed E-state index contributed by atoms with van der Waals surface area (Å²) in [6.07, 6.45) is 1.08. The van der Waals surface area contributed by atoms with Gasteiger partial charge in [0.1, 0.15) is 0 Å². The number of piperidine rings is 1. The fraction of sp³-hybridized carbons (Fsp3) is 0.923. The van der Waals surface area contributed by atoms with E-state index in [-0.39, 0.29) is 17.9 Å². The number of carbonyl (C=O) groups is 1. The smallest absolute Gasteiger partial charge is 0.309 e. The fourth-order valence-corrected chi connectivity index (χ4v) is 4.72. The highest BCUT2D eigenvalue weighted by molar-refractivity contribution is 7.86. The highest BCUT2D eigenvalue weighted by atomic mass is 32.2. The maximum absolute atomic E-state index is 12.7. The molecule has 2 heterocycles. The third-order valence-corrected chi connectivity index (χ3v) is 6.29. The summed E-state index contributed by atoms with van der Waals surface area (Å²) in [5, 5.41) is 3.19. The first-order valence-electron chi connectivity index (χ1n) is 7.61. The average Bonchev–Trinajstić information content (AvgIpc) is 2.48. The van der Waals surface area contributed by atoms with Gasteiger partial charge in [0, 0.05) is 38.8 Å². The Labute approximate surface area is 126 Å². The number of piperazine rings is 1. The molecule has 1 N–H and O–H groups in total. The number of esters is 1. The van der Waals surface area contributed by atoms with E-state index < -0.39 is 10.2 Å². The molecule has 21 heavy (non-hydrogen) atoms. The zero-order valence-corrected chi connectivity index (χ0v) is 13.6. The largest absolute Gasteiger partial charge is 0.466 e. The molecule has 122 valence electrons. The SMILES string of the molecule is CCOC(=O)C1CCN(S(=O)(=O)N2CCNC[C@H]2C)CC1. The van der Waals surface area contributed by atoms with Gasteiger partial charge in [-0.05, 0) is 26.7 Å². The number of nitrogens with one attached hydrogen (secondary N) is 1. The Morgan fingerprint density at radius 2 is 1.95 bits per heavy atom. The minimum atomic E-state index is -3.42. The van der Waals surface area contributed by atoms with Crippen LogP contribution in [-0.2, 0) is 19.7 Å². The first-order valence-corrected chi connectivity index (χ1v) is 9.00. The van der Waals surface area contributed by atoms with Crippen LogP contribution in [0.25, 0.3) is 0 Å². The molecule has 0 aliphatic carbocycles. The maximum atomic E-state index is 12.7. The highest BCUT2D eigenvalue weighted by Gasteiger charge is 2.37. The molecule has 2 saturated heterocycles. The Morgan fingerprint density at radius 1 is 1.29 bits per heavy atom. The standard InChI is InChI=1S/C13H25N3O4S/c1-3-20-13(17)12-4-7-15(8-5-12)21(18,19)16-9-6-14-10-11(16)2/h11-12,14H,3-10H2,1-2H3/t11-/m1/s1. The Hall–Kier alpha value is -0.700. The first kappa shape index (κ1) is 16.7. The molecule has 2 rings (SSSR count). The van der Waals surface area contributed by atoms with Gasteiger partial charge in [0.05, 0.1) is 12.5 Å². The van der Waals surface area contributed by atoms with Crippen molar-refractivity contribution in [2.75, 3.05) is 39.3 Å². The van der Waals surface area contributed by atoms with Crippen LogP contribution in [0.15, 0.2) is 0 Å². The first-order chi connectivity index (χ1) is 9.96. The lowest BCUT2D eigenvalue weighted by atomic mass is 9.98. The molecule has 2 fully saturated rings. The van der Waals surface area contributed by atoms with Crippen molar-refractivity contribution in [1.29, 1.82) is 0 Å². The topological polar surface area (TPSA) is 79.0 Å². The molecule has 1 atom stereocenters. The molecule has 0 aromatic heterocycles. The molecule has 0 bridgehead atoms. The number of hydrogen-bond donors (Lipinski definition) is 1. The lowest BCUT2D eigenvalue weighted by Crippen LogP contribution is -2.57. The zero-order valence-electron chi connectivity index (χ0n) is 12.7. The van der Waals surface area contributed by atoms with E-state index >= 15 is 0 Å². The van der Waals surface area contributed by atoms with Gasteiger partial charge in [-0.25, -0.2) is 0 Å². The summed E-state index contributed by atoms with van der Waals surface area (Å²) < 4.78 is 33.4. The van der Waals surface area contributed by atoms with Gasteiger partial charge in [-0.1, -0.05) is 0 Å². The minimum absolute atomic E-state index is 0.0356. The van der Waals surface area contributed by atoms with Crippen LogP contribution in [0.5, 0.6) is 0 Å². The molecule has 2 aliphatic rings. The van der Waals surface area contributed by atoms with Crippen LogP contribution >= 0.6 is 0 Å². The van der Waals surface area contributed by atoms with Crippen LogP contribution < -0.4 is 5.32 Å². The van der Waals surface area contributed by atoms with Gasteiger partial charge in [0.2, 0.25) is 0 Å². The summed E-state index contributed by atoms with van der Waals surface area (Å²) in [4.78, 5) is 11.7. The van der Waals surface area contributed by atoms with E-state index in [1.807, 2.05) is 6.92 Å². The van der Waals surface area contributed by atoms with Crippen LogP contribution in [-0.4, -0.2) is 68.4 Å². The highest BCUT2D eigenvalue weighted by Crippen LogP contribution is 2.23. The molecule has 0 saturated carbocycles. The summed E-state index contributed by atoms with van der Waals surface area (Å²) >= 11 is 0.